The van der Waals surface area contributed by atoms with Crippen molar-refractivity contribution in [3.8, 4) is 11.5 Å². The first-order chi connectivity index (χ1) is 13.9. The summed E-state index contributed by atoms with van der Waals surface area (Å²) in [4.78, 5) is 17.3. The number of methoxy groups -OCH3 is 2. The fourth-order valence-electron chi connectivity index (χ4n) is 3.98. The van der Waals surface area contributed by atoms with E-state index in [9.17, 15) is 4.79 Å². The van der Waals surface area contributed by atoms with E-state index in [0.717, 1.165) is 25.7 Å². The van der Waals surface area contributed by atoms with E-state index in [1.54, 1.807) is 32.4 Å². The third kappa shape index (κ3) is 6.13. The highest BCUT2D eigenvalue weighted by Gasteiger charge is 2.33. The number of hydrogen-bond donors (Lipinski definition) is 0. The van der Waals surface area contributed by atoms with Crippen LogP contribution in [0.5, 0.6) is 11.5 Å². The molecule has 2 atom stereocenters. The first-order valence-corrected chi connectivity index (χ1v) is 10.6. The van der Waals surface area contributed by atoms with Crippen LogP contribution in [0.25, 0.3) is 0 Å². The zero-order chi connectivity index (χ0) is 21.4. The summed E-state index contributed by atoms with van der Waals surface area (Å²) in [5.41, 5.74) is 0.599. The molecular weight excluding hydrogens is 367 g/mol. The maximum Gasteiger partial charge on any atom is 0.254 e. The molecule has 0 aliphatic carbocycles. The van der Waals surface area contributed by atoms with E-state index < -0.39 is 0 Å². The van der Waals surface area contributed by atoms with Gasteiger partial charge in [0.05, 0.1) is 13.7 Å². The van der Waals surface area contributed by atoms with Crippen molar-refractivity contribution in [1.29, 1.82) is 0 Å². The molecule has 0 bridgehead atoms. The van der Waals surface area contributed by atoms with Gasteiger partial charge in [-0.05, 0) is 57.4 Å². The van der Waals surface area contributed by atoms with Crippen LogP contribution in [-0.2, 0) is 4.74 Å². The molecule has 1 aromatic rings. The third-order valence-electron chi connectivity index (χ3n) is 5.54. The average Bonchev–Trinajstić information content (AvgIpc) is 2.71. The Morgan fingerprint density at radius 1 is 1.24 bits per heavy atom. The van der Waals surface area contributed by atoms with Crippen LogP contribution in [0.4, 0.5) is 0 Å². The van der Waals surface area contributed by atoms with Gasteiger partial charge in [0.15, 0.2) is 19.5 Å². The fourth-order valence-corrected chi connectivity index (χ4v) is 3.98. The minimum Gasteiger partial charge on any atom is -0.493 e. The highest BCUT2D eigenvalue weighted by Crippen LogP contribution is 2.30. The Labute approximate surface area is 176 Å². The van der Waals surface area contributed by atoms with Gasteiger partial charge >= 0.3 is 0 Å². The van der Waals surface area contributed by atoms with E-state index in [4.69, 9.17) is 22.2 Å². The number of benzene rings is 1. The molecule has 2 radical (unpaired) electrons. The molecule has 1 unspecified atom stereocenters. The lowest BCUT2D eigenvalue weighted by Gasteiger charge is -2.44. The molecule has 6 nitrogen and oxygen atoms in total. The van der Waals surface area contributed by atoms with Crippen LogP contribution < -0.4 is 9.47 Å². The number of carbonyl (C=O) groups excluding carboxylic acids is 1. The van der Waals surface area contributed by atoms with E-state index in [1.807, 2.05) is 9.71 Å². The summed E-state index contributed by atoms with van der Waals surface area (Å²) in [5, 5.41) is 0. The molecule has 0 N–H and O–H groups in total. The van der Waals surface area contributed by atoms with Crippen molar-refractivity contribution < 1.29 is 19.0 Å². The van der Waals surface area contributed by atoms with Crippen molar-refractivity contribution in [2.24, 2.45) is 0 Å². The Balaban J connectivity index is 2.18. The number of piperidine rings is 1. The van der Waals surface area contributed by atoms with Crippen molar-refractivity contribution in [2.75, 3.05) is 34.0 Å². The highest BCUT2D eigenvalue weighted by molar-refractivity contribution is 6.04. The molecule has 160 valence electrons. The summed E-state index contributed by atoms with van der Waals surface area (Å²) in [6, 6.07) is 5.94. The van der Waals surface area contributed by atoms with Crippen LogP contribution >= 0.6 is 0 Å². The molecule has 2 rings (SSSR count). The zero-order valence-corrected chi connectivity index (χ0v) is 18.5. The molecule has 1 aliphatic heterocycles. The Bertz CT molecular complexity index is 656. The van der Waals surface area contributed by atoms with Gasteiger partial charge in [0, 0.05) is 44.3 Å². The zero-order valence-electron chi connectivity index (χ0n) is 18.5. The summed E-state index contributed by atoms with van der Waals surface area (Å²) in [6.45, 7) is 8.07. The van der Waals surface area contributed by atoms with Crippen LogP contribution in [0.15, 0.2) is 18.2 Å². The second kappa shape index (κ2) is 11.5. The molecule has 1 heterocycles. The normalized spacial score (nSPS) is 19.9. The molecule has 1 aliphatic rings. The first kappa shape index (κ1) is 23.6. The fraction of sp³-hybridized carbons (Fsp3) is 0.682. The van der Waals surface area contributed by atoms with Gasteiger partial charge in [0.2, 0.25) is 0 Å². The predicted octanol–water partition coefficient (Wildman–Crippen LogP) is 3.29. The Morgan fingerprint density at radius 3 is 2.59 bits per heavy atom. The molecule has 1 amide bonds. The second-order valence-corrected chi connectivity index (χ2v) is 7.86. The number of nitrogens with zero attached hydrogens (tertiary/aromatic N) is 2. The predicted molar refractivity (Wildman–Crippen MR) is 116 cm³/mol. The van der Waals surface area contributed by atoms with Gasteiger partial charge in [-0.1, -0.05) is 6.92 Å². The highest BCUT2D eigenvalue weighted by atomic mass is 16.5. The number of hydrogen-bond acceptors (Lipinski definition) is 5. The van der Waals surface area contributed by atoms with E-state index in [1.165, 1.54) is 0 Å². The summed E-state index contributed by atoms with van der Waals surface area (Å²) in [6.07, 6.45) is 3.77. The minimum absolute atomic E-state index is 0.00209. The van der Waals surface area contributed by atoms with Crippen LogP contribution in [0.2, 0.25) is 0 Å². The van der Waals surface area contributed by atoms with Crippen LogP contribution in [0.3, 0.4) is 0 Å². The van der Waals surface area contributed by atoms with Crippen molar-refractivity contribution in [3.63, 3.8) is 0 Å². The third-order valence-corrected chi connectivity index (χ3v) is 5.54. The van der Waals surface area contributed by atoms with Crippen molar-refractivity contribution in [1.82, 2.24) is 9.71 Å². The lowest BCUT2D eigenvalue weighted by Crippen LogP contribution is -2.54. The minimum atomic E-state index is -0.00209. The molecule has 29 heavy (non-hydrogen) atoms. The molecular formula is C22H35BN2O4. The summed E-state index contributed by atoms with van der Waals surface area (Å²) in [5.74, 6) is 1.19. The Hall–Kier alpha value is -1.73. The molecule has 7 heteroatoms. The van der Waals surface area contributed by atoms with Gasteiger partial charge in [0.25, 0.3) is 5.91 Å². The summed E-state index contributed by atoms with van der Waals surface area (Å²) < 4.78 is 16.3. The van der Waals surface area contributed by atoms with E-state index >= 15 is 0 Å². The number of amides is 1. The smallest absolute Gasteiger partial charge is 0.254 e. The topological polar surface area (TPSA) is 51.2 Å². The molecule has 1 fully saturated rings. The van der Waals surface area contributed by atoms with E-state index in [0.29, 0.717) is 42.9 Å². The van der Waals surface area contributed by atoms with Gasteiger partial charge in [-0.2, -0.15) is 0 Å². The molecule has 0 spiro atoms. The maximum atomic E-state index is 13.4. The van der Waals surface area contributed by atoms with Gasteiger partial charge < -0.3 is 23.9 Å². The SMILES string of the molecule is [B]N1CC(N(C(=O)c2ccc(OC)c(OCCCOC)c2)C(C)C)CC[C@H]1CC. The first-order valence-electron chi connectivity index (χ1n) is 10.6. The molecule has 1 saturated heterocycles. The Kier molecular flexibility index (Phi) is 9.31. The standard InChI is InChI=1S/C22H35BN2O4/c1-6-18-9-10-19(15-24(18)23)25(16(2)3)22(26)17-8-11-20(28-5)21(14-17)29-13-7-12-27-4/h8,11,14,16,18-19H,6-7,9-10,12-13,15H2,1-5H3/t18-,19?/m1/s1. The van der Waals surface area contributed by atoms with Crippen molar-refractivity contribution in [2.45, 2.75) is 64.6 Å². The van der Waals surface area contributed by atoms with Gasteiger partial charge in [-0.15, -0.1) is 0 Å². The van der Waals surface area contributed by atoms with Crippen molar-refractivity contribution >= 4 is 13.9 Å². The monoisotopic (exact) mass is 402 g/mol. The van der Waals surface area contributed by atoms with Gasteiger partial charge in [-0.25, -0.2) is 0 Å². The van der Waals surface area contributed by atoms with Crippen LogP contribution in [0, 0.1) is 0 Å². The Morgan fingerprint density at radius 2 is 2.00 bits per heavy atom. The van der Waals surface area contributed by atoms with E-state index in [2.05, 4.69) is 20.8 Å². The van der Waals surface area contributed by atoms with Crippen LogP contribution in [0.1, 0.15) is 56.8 Å². The lowest BCUT2D eigenvalue weighted by atomic mass is 9.91. The maximum absolute atomic E-state index is 13.4. The van der Waals surface area contributed by atoms with E-state index in [-0.39, 0.29) is 18.0 Å². The average molecular weight is 402 g/mol. The largest absolute Gasteiger partial charge is 0.493 e. The second-order valence-electron chi connectivity index (χ2n) is 7.86. The molecule has 0 aromatic heterocycles. The number of carbonyl (C=O) groups is 1. The quantitative estimate of drug-likeness (QED) is 0.444. The van der Waals surface area contributed by atoms with Crippen LogP contribution in [-0.4, -0.2) is 75.7 Å². The lowest BCUT2D eigenvalue weighted by molar-refractivity contribution is 0.0477. The molecule has 0 saturated carbocycles. The van der Waals surface area contributed by atoms with Crippen molar-refractivity contribution in [3.05, 3.63) is 23.8 Å². The number of rotatable bonds is 10. The van der Waals surface area contributed by atoms with Gasteiger partial charge in [0.1, 0.15) is 0 Å². The van der Waals surface area contributed by atoms with Gasteiger partial charge in [-0.3, -0.25) is 4.79 Å². The number of ether oxygens (including phenoxy) is 3. The summed E-state index contributed by atoms with van der Waals surface area (Å²) >= 11 is 0. The molecule has 1 aromatic carbocycles. The summed E-state index contributed by atoms with van der Waals surface area (Å²) in [7, 11) is 9.51.